The van der Waals surface area contributed by atoms with Crippen molar-refractivity contribution in [1.82, 2.24) is 4.90 Å². The van der Waals surface area contributed by atoms with Crippen LogP contribution in [0.5, 0.6) is 0 Å². The van der Waals surface area contributed by atoms with Crippen LogP contribution in [0.2, 0.25) is 0 Å². The van der Waals surface area contributed by atoms with Crippen molar-refractivity contribution in [2.24, 2.45) is 0 Å². The zero-order valence-electron chi connectivity index (χ0n) is 19.0. The largest absolute Gasteiger partial charge is 0.313 e. The number of rotatable bonds is 9. The average Bonchev–Trinajstić information content (AvgIpc) is 3.05. The van der Waals surface area contributed by atoms with Crippen molar-refractivity contribution < 1.29 is 0 Å². The van der Waals surface area contributed by atoms with Crippen molar-refractivity contribution in [3.05, 3.63) is 96.2 Å². The molecule has 2 aromatic rings. The molecule has 2 aromatic carbocycles. The van der Waals surface area contributed by atoms with Crippen molar-refractivity contribution in [2.45, 2.75) is 58.5 Å². The van der Waals surface area contributed by atoms with E-state index in [0.717, 1.165) is 12.1 Å². The van der Waals surface area contributed by atoms with Crippen LogP contribution in [0.3, 0.4) is 0 Å². The lowest BCUT2D eigenvalue weighted by molar-refractivity contribution is 0.246. The number of fused-ring (bicyclic) bond motifs is 1. The highest BCUT2D eigenvalue weighted by Crippen LogP contribution is 2.48. The molecule has 2 nitrogen and oxygen atoms in total. The van der Waals surface area contributed by atoms with Gasteiger partial charge in [0.15, 0.2) is 0 Å². The lowest BCUT2D eigenvalue weighted by atomic mass is 10.0. The summed E-state index contributed by atoms with van der Waals surface area (Å²) in [5, 5.41) is 0. The number of nitrogens with zero attached hydrogens (tertiary/aromatic N) is 2. The lowest BCUT2D eigenvalue weighted by Gasteiger charge is -2.31. The van der Waals surface area contributed by atoms with Gasteiger partial charge in [0.2, 0.25) is 0 Å². The van der Waals surface area contributed by atoms with Gasteiger partial charge in [-0.2, -0.15) is 0 Å². The second kappa shape index (κ2) is 10.4. The molecule has 0 bridgehead atoms. The fourth-order valence-electron chi connectivity index (χ4n) is 4.28. The first-order valence-corrected chi connectivity index (χ1v) is 11.3. The topological polar surface area (TPSA) is 6.48 Å². The number of benzene rings is 2. The summed E-state index contributed by atoms with van der Waals surface area (Å²) >= 11 is 0. The van der Waals surface area contributed by atoms with Gasteiger partial charge in [-0.1, -0.05) is 81.0 Å². The minimum Gasteiger partial charge on any atom is -0.313 e. The van der Waals surface area contributed by atoms with Gasteiger partial charge in [-0.25, -0.2) is 0 Å². The molecule has 1 heterocycles. The van der Waals surface area contributed by atoms with Crippen LogP contribution in [0, 0.1) is 0 Å². The first kappa shape index (κ1) is 22.1. The molecule has 0 aromatic heterocycles. The summed E-state index contributed by atoms with van der Waals surface area (Å²) in [5.74, 6) is 0. The van der Waals surface area contributed by atoms with Gasteiger partial charge in [0.1, 0.15) is 0 Å². The van der Waals surface area contributed by atoms with Gasteiger partial charge >= 0.3 is 0 Å². The quantitative estimate of drug-likeness (QED) is 0.316. The summed E-state index contributed by atoms with van der Waals surface area (Å²) in [5.41, 5.74) is 6.32. The van der Waals surface area contributed by atoms with E-state index in [4.69, 9.17) is 0 Å². The third-order valence-electron chi connectivity index (χ3n) is 6.06. The third kappa shape index (κ3) is 4.76. The zero-order valence-corrected chi connectivity index (χ0v) is 19.0. The van der Waals surface area contributed by atoms with E-state index in [2.05, 4.69) is 110 Å². The number of hydrogen-bond donors (Lipinski definition) is 0. The maximum Gasteiger partial charge on any atom is 0.0776 e. The Kier molecular flexibility index (Phi) is 7.70. The Morgan fingerprint density at radius 1 is 1.10 bits per heavy atom. The van der Waals surface area contributed by atoms with Crippen LogP contribution in [-0.4, -0.2) is 18.0 Å². The molecule has 30 heavy (non-hydrogen) atoms. The van der Waals surface area contributed by atoms with E-state index in [1.54, 1.807) is 0 Å². The van der Waals surface area contributed by atoms with Crippen molar-refractivity contribution in [1.29, 1.82) is 0 Å². The first-order chi connectivity index (χ1) is 14.6. The molecule has 2 heteroatoms. The fraction of sp³-hybridized carbons (Fsp3) is 0.357. The average molecular weight is 401 g/mol. The standard InChI is InChI=1S/C28H36N2/c1-6-8-10-15-22(3)29(5)28-23(4)30(27-20-13-12-19-26(27)28)25-18-14-17-24(21-25)16-11-9-7-2/h6,8,10,12-15,17-22,28H,4,7,9,11,16H2,1-3,5H3/b8-6-,15-10-. The van der Waals surface area contributed by atoms with Crippen LogP contribution < -0.4 is 4.90 Å². The Labute approximate surface area is 183 Å². The Morgan fingerprint density at radius 2 is 1.90 bits per heavy atom. The van der Waals surface area contributed by atoms with Crippen LogP contribution in [-0.2, 0) is 6.42 Å². The molecule has 3 rings (SSSR count). The predicted octanol–water partition coefficient (Wildman–Crippen LogP) is 7.58. The summed E-state index contributed by atoms with van der Waals surface area (Å²) in [6.45, 7) is 11.1. The summed E-state index contributed by atoms with van der Waals surface area (Å²) in [4.78, 5) is 4.76. The molecule has 0 spiro atoms. The highest BCUT2D eigenvalue weighted by Gasteiger charge is 2.36. The molecule has 0 radical (unpaired) electrons. The maximum absolute atomic E-state index is 4.56. The zero-order chi connectivity index (χ0) is 21.5. The highest BCUT2D eigenvalue weighted by molar-refractivity contribution is 5.77. The molecule has 158 valence electrons. The van der Waals surface area contributed by atoms with Crippen LogP contribution in [0.15, 0.2) is 85.1 Å². The van der Waals surface area contributed by atoms with Crippen molar-refractivity contribution in [3.63, 3.8) is 0 Å². The first-order valence-electron chi connectivity index (χ1n) is 11.3. The Balaban J connectivity index is 1.91. The molecule has 0 aliphatic carbocycles. The van der Waals surface area contributed by atoms with Crippen molar-refractivity contribution >= 4 is 11.4 Å². The summed E-state index contributed by atoms with van der Waals surface area (Å²) < 4.78 is 0. The normalized spacial score (nSPS) is 17.4. The van der Waals surface area contributed by atoms with Crippen molar-refractivity contribution in [3.8, 4) is 0 Å². The smallest absolute Gasteiger partial charge is 0.0776 e. The van der Waals surface area contributed by atoms with Gasteiger partial charge in [0.05, 0.1) is 11.7 Å². The Hall–Kier alpha value is -2.58. The minimum atomic E-state index is 0.162. The van der Waals surface area contributed by atoms with Crippen molar-refractivity contribution in [2.75, 3.05) is 11.9 Å². The van der Waals surface area contributed by atoms with Gasteiger partial charge in [-0.15, -0.1) is 0 Å². The van der Waals surface area contributed by atoms with Gasteiger partial charge in [0, 0.05) is 17.4 Å². The Morgan fingerprint density at radius 3 is 2.67 bits per heavy atom. The number of allylic oxidation sites excluding steroid dienone is 3. The molecular formula is C28H36N2. The van der Waals surface area contributed by atoms with E-state index in [0.29, 0.717) is 6.04 Å². The van der Waals surface area contributed by atoms with Crippen LogP contribution in [0.25, 0.3) is 0 Å². The van der Waals surface area contributed by atoms with E-state index in [9.17, 15) is 0 Å². The second-order valence-electron chi connectivity index (χ2n) is 8.23. The number of unbranched alkanes of at least 4 members (excludes halogenated alkanes) is 2. The van der Waals surface area contributed by atoms with E-state index in [1.807, 2.05) is 6.92 Å². The molecule has 0 saturated heterocycles. The van der Waals surface area contributed by atoms with Crippen LogP contribution >= 0.6 is 0 Å². The predicted molar refractivity (Wildman–Crippen MR) is 131 cm³/mol. The molecule has 0 N–H and O–H groups in total. The minimum absolute atomic E-state index is 0.162. The molecule has 0 fully saturated rings. The summed E-state index contributed by atoms with van der Waals surface area (Å²) in [6, 6.07) is 18.2. The van der Waals surface area contributed by atoms with E-state index in [-0.39, 0.29) is 6.04 Å². The molecule has 2 unspecified atom stereocenters. The number of anilines is 2. The molecule has 0 saturated carbocycles. The molecule has 0 amide bonds. The van der Waals surface area contributed by atoms with E-state index >= 15 is 0 Å². The molecule has 1 aliphatic heterocycles. The Bertz CT molecular complexity index is 908. The summed E-state index contributed by atoms with van der Waals surface area (Å²) in [6.07, 6.45) is 13.4. The summed E-state index contributed by atoms with van der Waals surface area (Å²) in [7, 11) is 2.20. The lowest BCUT2D eigenvalue weighted by Crippen LogP contribution is -2.32. The number of para-hydroxylation sites is 1. The maximum atomic E-state index is 4.56. The number of aryl methyl sites for hydroxylation is 1. The van der Waals surface area contributed by atoms with Gasteiger partial charge in [0.25, 0.3) is 0 Å². The second-order valence-corrected chi connectivity index (χ2v) is 8.23. The van der Waals surface area contributed by atoms with Gasteiger partial charge in [-0.3, -0.25) is 4.90 Å². The van der Waals surface area contributed by atoms with Gasteiger partial charge < -0.3 is 4.90 Å². The van der Waals surface area contributed by atoms with E-state index < -0.39 is 0 Å². The number of likely N-dealkylation sites (N-methyl/N-ethyl adjacent to an activating group) is 1. The molecule has 1 aliphatic rings. The fourth-order valence-corrected chi connectivity index (χ4v) is 4.28. The monoisotopic (exact) mass is 400 g/mol. The van der Waals surface area contributed by atoms with Crippen LogP contribution in [0.1, 0.15) is 57.2 Å². The molecule has 2 atom stereocenters. The third-order valence-corrected chi connectivity index (χ3v) is 6.06. The number of hydrogen-bond acceptors (Lipinski definition) is 2. The van der Waals surface area contributed by atoms with Crippen LogP contribution in [0.4, 0.5) is 11.4 Å². The van der Waals surface area contributed by atoms with E-state index in [1.165, 1.54) is 41.8 Å². The van der Waals surface area contributed by atoms with Gasteiger partial charge in [-0.05, 0) is 63.1 Å². The SMILES string of the molecule is C=C1C(N(C)C(C)/C=C\C=C/C)c2ccccc2N1c1cccc(CCCCC)c1. The molecular weight excluding hydrogens is 364 g/mol. The highest BCUT2D eigenvalue weighted by atomic mass is 15.3.